The third kappa shape index (κ3) is 10.3. The lowest BCUT2D eigenvalue weighted by Gasteiger charge is -2.45. The highest BCUT2D eigenvalue weighted by molar-refractivity contribution is 6.73. The summed E-state index contributed by atoms with van der Waals surface area (Å²) in [5.74, 6) is -0.0950. The van der Waals surface area contributed by atoms with Crippen molar-refractivity contribution in [3.05, 3.63) is 0 Å². The van der Waals surface area contributed by atoms with Crippen molar-refractivity contribution < 1.29 is 18.4 Å². The Morgan fingerprint density at radius 3 is 1.62 bits per heavy atom. The molecule has 0 aliphatic carbocycles. The van der Waals surface area contributed by atoms with E-state index in [-0.39, 0.29) is 22.1 Å². The molecule has 1 atom stereocenters. The number of carbonyl (C=O) groups is 1. The van der Waals surface area contributed by atoms with Gasteiger partial charge >= 0.3 is 14.5 Å². The largest absolute Gasteiger partial charge is 0.463 e. The van der Waals surface area contributed by atoms with Gasteiger partial charge in [-0.25, -0.2) is 0 Å². The molecule has 1 saturated heterocycles. The number of ether oxygens (including phenoxy) is 1. The third-order valence-electron chi connectivity index (χ3n) is 6.69. The molecule has 1 aliphatic heterocycles. The van der Waals surface area contributed by atoms with E-state index in [1.54, 1.807) is 0 Å². The van der Waals surface area contributed by atoms with Gasteiger partial charge in [0.05, 0.1) is 6.61 Å². The van der Waals surface area contributed by atoms with Gasteiger partial charge in [0.1, 0.15) is 12.7 Å². The molecule has 0 aromatic rings. The van der Waals surface area contributed by atoms with Crippen molar-refractivity contribution >= 4 is 14.5 Å². The van der Waals surface area contributed by atoms with Gasteiger partial charge in [0, 0.05) is 16.5 Å². The minimum absolute atomic E-state index is 0.0291. The van der Waals surface area contributed by atoms with Crippen LogP contribution in [0.5, 0.6) is 0 Å². The molecular weight excluding hydrogens is 416 g/mol. The number of rotatable bonds is 16. The van der Waals surface area contributed by atoms with E-state index in [0.717, 1.165) is 12.8 Å². The first kappa shape index (κ1) is 29.6. The first-order chi connectivity index (χ1) is 15.0. The van der Waals surface area contributed by atoms with Crippen molar-refractivity contribution in [2.45, 2.75) is 155 Å². The molecule has 0 radical (unpaired) electrons. The molecule has 1 fully saturated rings. The zero-order chi connectivity index (χ0) is 24.1. The molecule has 5 heteroatoms. The standard InChI is InChI=1S/C27H54O4Si/c1-8-9-10-11-12-13-14-15-16-17-18-19-20-21-25(28)29-22-24-23-30-32(31-24,26(2,3)4)27(5,6)7/h24H,8-23H2,1-7H3. The lowest BCUT2D eigenvalue weighted by atomic mass is 10.0. The van der Waals surface area contributed by atoms with Crippen LogP contribution in [0.15, 0.2) is 0 Å². The highest BCUT2D eigenvalue weighted by atomic mass is 28.4. The third-order valence-corrected chi connectivity index (χ3v) is 11.9. The minimum Gasteiger partial charge on any atom is -0.463 e. The van der Waals surface area contributed by atoms with Gasteiger partial charge in [0.15, 0.2) is 0 Å². The fourth-order valence-corrected chi connectivity index (χ4v) is 9.97. The molecule has 1 rings (SSSR count). The van der Waals surface area contributed by atoms with Crippen LogP contribution in [0.4, 0.5) is 0 Å². The topological polar surface area (TPSA) is 44.8 Å². The van der Waals surface area contributed by atoms with E-state index < -0.39 is 8.56 Å². The van der Waals surface area contributed by atoms with Crippen LogP contribution in [0.1, 0.15) is 138 Å². The van der Waals surface area contributed by atoms with Gasteiger partial charge in [0.25, 0.3) is 0 Å². The molecule has 0 saturated carbocycles. The lowest BCUT2D eigenvalue weighted by molar-refractivity contribution is -0.146. The molecule has 0 N–H and O–H groups in total. The van der Waals surface area contributed by atoms with Crippen molar-refractivity contribution in [1.29, 1.82) is 0 Å². The van der Waals surface area contributed by atoms with Gasteiger partial charge in [-0.1, -0.05) is 126 Å². The molecule has 1 heterocycles. The summed E-state index contributed by atoms with van der Waals surface area (Å²) >= 11 is 0. The zero-order valence-corrected chi connectivity index (χ0v) is 23.5. The van der Waals surface area contributed by atoms with Gasteiger partial charge < -0.3 is 13.6 Å². The van der Waals surface area contributed by atoms with E-state index in [2.05, 4.69) is 48.5 Å². The van der Waals surface area contributed by atoms with Crippen LogP contribution in [0.2, 0.25) is 10.1 Å². The molecule has 0 aromatic carbocycles. The molecule has 190 valence electrons. The number of unbranched alkanes of at least 4 members (excludes halogenated alkanes) is 12. The Kier molecular flexibility index (Phi) is 13.7. The SMILES string of the molecule is CCCCCCCCCCCCCCCC(=O)OCC1CO[Si](C(C)(C)C)(C(C)(C)C)O1. The first-order valence-electron chi connectivity index (χ1n) is 13.5. The van der Waals surface area contributed by atoms with Gasteiger partial charge in [-0.3, -0.25) is 4.79 Å². The molecule has 0 spiro atoms. The average Bonchev–Trinajstić information content (AvgIpc) is 3.16. The molecule has 32 heavy (non-hydrogen) atoms. The Morgan fingerprint density at radius 1 is 0.781 bits per heavy atom. The highest BCUT2D eigenvalue weighted by Gasteiger charge is 2.62. The Bertz CT molecular complexity index is 493. The van der Waals surface area contributed by atoms with Crippen LogP contribution in [-0.4, -0.2) is 33.8 Å². The summed E-state index contributed by atoms with van der Waals surface area (Å²) < 4.78 is 18.3. The van der Waals surface area contributed by atoms with Crippen molar-refractivity contribution in [2.24, 2.45) is 0 Å². The number of hydrogen-bond acceptors (Lipinski definition) is 4. The van der Waals surface area contributed by atoms with Crippen LogP contribution in [0.3, 0.4) is 0 Å². The van der Waals surface area contributed by atoms with E-state index in [9.17, 15) is 4.79 Å². The van der Waals surface area contributed by atoms with Gasteiger partial charge in [-0.2, -0.15) is 0 Å². The predicted octanol–water partition coefficient (Wildman–Crippen LogP) is 8.47. The van der Waals surface area contributed by atoms with E-state index in [1.807, 2.05) is 0 Å². The first-order valence-corrected chi connectivity index (χ1v) is 15.3. The van der Waals surface area contributed by atoms with Gasteiger partial charge in [-0.15, -0.1) is 0 Å². The van der Waals surface area contributed by atoms with Crippen molar-refractivity contribution in [3.8, 4) is 0 Å². The second kappa shape index (κ2) is 14.8. The smallest absolute Gasteiger partial charge is 0.349 e. The van der Waals surface area contributed by atoms with Crippen LogP contribution in [0, 0.1) is 0 Å². The van der Waals surface area contributed by atoms with Crippen LogP contribution >= 0.6 is 0 Å². The number of esters is 1. The molecule has 0 bridgehead atoms. The number of hydrogen-bond donors (Lipinski definition) is 0. The van der Waals surface area contributed by atoms with Gasteiger partial charge in [-0.05, 0) is 6.42 Å². The fraction of sp³-hybridized carbons (Fsp3) is 0.963. The maximum absolute atomic E-state index is 12.1. The molecule has 0 aromatic heterocycles. The van der Waals surface area contributed by atoms with E-state index in [0.29, 0.717) is 19.6 Å². The van der Waals surface area contributed by atoms with Gasteiger partial charge in [0.2, 0.25) is 0 Å². The Balaban J connectivity index is 2.06. The van der Waals surface area contributed by atoms with E-state index in [4.69, 9.17) is 13.6 Å². The van der Waals surface area contributed by atoms with Crippen molar-refractivity contribution in [3.63, 3.8) is 0 Å². The second-order valence-corrected chi connectivity index (χ2v) is 16.6. The Labute approximate surface area is 200 Å². The monoisotopic (exact) mass is 470 g/mol. The fourth-order valence-electron chi connectivity index (χ4n) is 5.05. The van der Waals surface area contributed by atoms with Crippen molar-refractivity contribution in [2.75, 3.05) is 13.2 Å². The summed E-state index contributed by atoms with van der Waals surface area (Å²) in [6.07, 6.45) is 17.4. The summed E-state index contributed by atoms with van der Waals surface area (Å²) in [6, 6.07) is 0. The van der Waals surface area contributed by atoms with E-state index in [1.165, 1.54) is 70.6 Å². The molecular formula is C27H54O4Si. The Morgan fingerprint density at radius 2 is 1.22 bits per heavy atom. The maximum Gasteiger partial charge on any atom is 0.349 e. The summed E-state index contributed by atoms with van der Waals surface area (Å²) in [5, 5.41) is -0.0582. The van der Waals surface area contributed by atoms with Crippen molar-refractivity contribution in [1.82, 2.24) is 0 Å². The zero-order valence-electron chi connectivity index (χ0n) is 22.5. The average molecular weight is 471 g/mol. The molecule has 0 amide bonds. The van der Waals surface area contributed by atoms with Crippen LogP contribution < -0.4 is 0 Å². The molecule has 4 nitrogen and oxygen atoms in total. The lowest BCUT2D eigenvalue weighted by Crippen LogP contribution is -2.54. The minimum atomic E-state index is -2.42. The molecule has 1 aliphatic rings. The molecule has 1 unspecified atom stereocenters. The quantitative estimate of drug-likeness (QED) is 0.129. The maximum atomic E-state index is 12.1. The normalized spacial score (nSPS) is 18.8. The number of carbonyl (C=O) groups excluding carboxylic acids is 1. The van der Waals surface area contributed by atoms with Crippen LogP contribution in [0.25, 0.3) is 0 Å². The van der Waals surface area contributed by atoms with E-state index >= 15 is 0 Å². The second-order valence-electron chi connectivity index (χ2n) is 11.8. The summed E-state index contributed by atoms with van der Waals surface area (Å²) in [6.45, 7) is 16.3. The van der Waals surface area contributed by atoms with Crippen LogP contribution in [-0.2, 0) is 18.4 Å². The Hall–Kier alpha value is -0.393. The summed E-state index contributed by atoms with van der Waals surface area (Å²) in [7, 11) is -2.42. The predicted molar refractivity (Wildman–Crippen MR) is 137 cm³/mol. The highest BCUT2D eigenvalue weighted by Crippen LogP contribution is 2.54. The summed E-state index contributed by atoms with van der Waals surface area (Å²) in [4.78, 5) is 12.1. The summed E-state index contributed by atoms with van der Waals surface area (Å²) in [5.41, 5.74) is 0.